The van der Waals surface area contributed by atoms with Crippen molar-refractivity contribution in [2.45, 2.75) is 38.4 Å². The van der Waals surface area contributed by atoms with Gasteiger partial charge in [0.15, 0.2) is 0 Å². The molecule has 1 aliphatic heterocycles. The number of imidazole rings is 1. The number of nitrogens with zero attached hydrogens (tertiary/aromatic N) is 3. The van der Waals surface area contributed by atoms with Gasteiger partial charge in [-0.1, -0.05) is 60.7 Å². The zero-order valence-electron chi connectivity index (χ0n) is 19.0. The van der Waals surface area contributed by atoms with E-state index in [9.17, 15) is 9.59 Å². The molecule has 1 unspecified atom stereocenters. The first-order valence-electron chi connectivity index (χ1n) is 11.5. The van der Waals surface area contributed by atoms with Crippen LogP contribution in [-0.4, -0.2) is 51.9 Å². The lowest BCUT2D eigenvalue weighted by Gasteiger charge is -2.37. The van der Waals surface area contributed by atoms with Crippen LogP contribution in [0.5, 0.6) is 0 Å². The number of benzene rings is 2. The Morgan fingerprint density at radius 1 is 1.12 bits per heavy atom. The van der Waals surface area contributed by atoms with Crippen molar-refractivity contribution in [1.29, 1.82) is 0 Å². The fourth-order valence-electron chi connectivity index (χ4n) is 4.43. The van der Waals surface area contributed by atoms with Crippen LogP contribution in [0.4, 0.5) is 0 Å². The first-order chi connectivity index (χ1) is 16.2. The molecular weight excluding hydrogens is 414 g/mol. The number of rotatable bonds is 9. The summed E-state index contributed by atoms with van der Waals surface area (Å²) in [5.74, 6) is 0.680. The van der Waals surface area contributed by atoms with Crippen molar-refractivity contribution in [3.05, 3.63) is 90.0 Å². The average molecular weight is 446 g/mol. The number of hydrogen-bond acceptors (Lipinski definition) is 4. The second kappa shape index (κ2) is 10.9. The predicted molar refractivity (Wildman–Crippen MR) is 127 cm³/mol. The normalized spacial score (nSPS) is 16.5. The van der Waals surface area contributed by atoms with E-state index in [0.29, 0.717) is 26.2 Å². The summed E-state index contributed by atoms with van der Waals surface area (Å²) in [6, 6.07) is 20.2. The molecule has 0 aliphatic carbocycles. The van der Waals surface area contributed by atoms with E-state index < -0.39 is 6.04 Å². The van der Waals surface area contributed by atoms with Crippen LogP contribution >= 0.6 is 0 Å². The molecule has 7 nitrogen and oxygen atoms in total. The Kier molecular flexibility index (Phi) is 7.52. The second-order valence-corrected chi connectivity index (χ2v) is 8.29. The van der Waals surface area contributed by atoms with E-state index in [-0.39, 0.29) is 24.2 Å². The van der Waals surface area contributed by atoms with Gasteiger partial charge < -0.3 is 15.2 Å². The highest BCUT2D eigenvalue weighted by Crippen LogP contribution is 2.27. The first kappa shape index (κ1) is 22.7. The van der Waals surface area contributed by atoms with Crippen LogP contribution in [0.15, 0.2) is 73.1 Å². The molecule has 4 rings (SSSR count). The molecular formula is C26H31N5O2. The van der Waals surface area contributed by atoms with E-state index >= 15 is 0 Å². The van der Waals surface area contributed by atoms with Gasteiger partial charge in [-0.25, -0.2) is 4.98 Å². The van der Waals surface area contributed by atoms with Gasteiger partial charge >= 0.3 is 0 Å². The Hall–Kier alpha value is -3.45. The molecule has 2 N–H and O–H groups in total. The third-order valence-corrected chi connectivity index (χ3v) is 6.23. The lowest BCUT2D eigenvalue weighted by atomic mass is 9.90. The van der Waals surface area contributed by atoms with Crippen molar-refractivity contribution in [2.24, 2.45) is 0 Å². The van der Waals surface area contributed by atoms with E-state index in [2.05, 4.69) is 44.8 Å². The van der Waals surface area contributed by atoms with Crippen LogP contribution in [0.2, 0.25) is 0 Å². The Labute approximate surface area is 194 Å². The van der Waals surface area contributed by atoms with E-state index in [1.165, 1.54) is 11.1 Å². The summed E-state index contributed by atoms with van der Waals surface area (Å²) in [7, 11) is 0. The summed E-state index contributed by atoms with van der Waals surface area (Å²) < 4.78 is 1.99. The van der Waals surface area contributed by atoms with Gasteiger partial charge in [0.25, 0.3) is 0 Å². The fraction of sp³-hybridized carbons (Fsp3) is 0.346. The number of hydrogen-bond donors (Lipinski definition) is 2. The highest BCUT2D eigenvalue weighted by Gasteiger charge is 2.33. The Bertz CT molecular complexity index is 1010. The van der Waals surface area contributed by atoms with Crippen LogP contribution in [0.1, 0.15) is 36.2 Å². The number of piperazine rings is 1. The van der Waals surface area contributed by atoms with Gasteiger partial charge in [0, 0.05) is 44.5 Å². The molecule has 7 heteroatoms. The standard InChI is InChI=1S/C26H31N5O2/c1-2-30-15-13-27-24(30)18-29-25(32)17-23-26(33)28-14-16-31(23)19-22(20-9-5-3-6-10-20)21-11-7-4-8-12-21/h3-13,15,22-23H,2,14,16-19H2,1H3,(H,28,33)(H,29,32). The zero-order chi connectivity index (χ0) is 23.0. The molecule has 172 valence electrons. The fourth-order valence-corrected chi connectivity index (χ4v) is 4.43. The molecule has 2 heterocycles. The van der Waals surface area contributed by atoms with Gasteiger partial charge in [0.05, 0.1) is 19.0 Å². The maximum Gasteiger partial charge on any atom is 0.237 e. The topological polar surface area (TPSA) is 79.3 Å². The van der Waals surface area contributed by atoms with Gasteiger partial charge in [-0.3, -0.25) is 14.5 Å². The van der Waals surface area contributed by atoms with Crippen LogP contribution in [0.3, 0.4) is 0 Å². The molecule has 1 fully saturated rings. The molecule has 33 heavy (non-hydrogen) atoms. The van der Waals surface area contributed by atoms with Crippen LogP contribution < -0.4 is 10.6 Å². The van der Waals surface area contributed by atoms with Gasteiger partial charge in [0.2, 0.25) is 11.8 Å². The first-order valence-corrected chi connectivity index (χ1v) is 11.5. The van der Waals surface area contributed by atoms with E-state index in [0.717, 1.165) is 12.4 Å². The predicted octanol–water partition coefficient (Wildman–Crippen LogP) is 2.54. The van der Waals surface area contributed by atoms with Crippen LogP contribution in [0.25, 0.3) is 0 Å². The third-order valence-electron chi connectivity index (χ3n) is 6.23. The Balaban J connectivity index is 1.47. The van der Waals surface area contributed by atoms with Crippen molar-refractivity contribution >= 4 is 11.8 Å². The number of aromatic nitrogens is 2. The number of aryl methyl sites for hydroxylation is 1. The number of carbonyl (C=O) groups excluding carboxylic acids is 2. The maximum absolute atomic E-state index is 12.8. The van der Waals surface area contributed by atoms with Crippen molar-refractivity contribution < 1.29 is 9.59 Å². The molecule has 1 atom stereocenters. The van der Waals surface area contributed by atoms with Crippen molar-refractivity contribution in [3.8, 4) is 0 Å². The monoisotopic (exact) mass is 445 g/mol. The van der Waals surface area contributed by atoms with E-state index in [4.69, 9.17) is 0 Å². The smallest absolute Gasteiger partial charge is 0.237 e. The van der Waals surface area contributed by atoms with Gasteiger partial charge in [0.1, 0.15) is 5.82 Å². The Morgan fingerprint density at radius 2 is 1.79 bits per heavy atom. The molecule has 3 aromatic rings. The molecule has 1 aliphatic rings. The summed E-state index contributed by atoms with van der Waals surface area (Å²) in [6.07, 6.45) is 3.74. The average Bonchev–Trinajstić information content (AvgIpc) is 3.32. The summed E-state index contributed by atoms with van der Waals surface area (Å²) in [5, 5.41) is 5.87. The van der Waals surface area contributed by atoms with E-state index in [1.54, 1.807) is 6.20 Å². The van der Waals surface area contributed by atoms with Crippen molar-refractivity contribution in [3.63, 3.8) is 0 Å². The highest BCUT2D eigenvalue weighted by molar-refractivity contribution is 5.88. The molecule has 0 spiro atoms. The second-order valence-electron chi connectivity index (χ2n) is 8.29. The molecule has 0 radical (unpaired) electrons. The van der Waals surface area contributed by atoms with Gasteiger partial charge in [-0.15, -0.1) is 0 Å². The number of amides is 2. The summed E-state index contributed by atoms with van der Waals surface area (Å²) in [5.41, 5.74) is 2.40. The molecule has 1 saturated heterocycles. The minimum Gasteiger partial charge on any atom is -0.353 e. The van der Waals surface area contributed by atoms with E-state index in [1.807, 2.05) is 54.1 Å². The Morgan fingerprint density at radius 3 is 2.42 bits per heavy atom. The minimum absolute atomic E-state index is 0.0914. The maximum atomic E-state index is 12.8. The SMILES string of the molecule is CCn1ccnc1CNC(=O)CC1C(=O)NCCN1CC(c1ccccc1)c1ccccc1. The minimum atomic E-state index is -0.500. The van der Waals surface area contributed by atoms with Gasteiger partial charge in [-0.2, -0.15) is 0 Å². The summed E-state index contributed by atoms with van der Waals surface area (Å²) in [6.45, 7) is 5.14. The molecule has 0 saturated carbocycles. The number of carbonyl (C=O) groups is 2. The molecule has 0 bridgehead atoms. The largest absolute Gasteiger partial charge is 0.353 e. The quantitative estimate of drug-likeness (QED) is 0.531. The number of nitrogens with one attached hydrogen (secondary N) is 2. The van der Waals surface area contributed by atoms with Crippen LogP contribution in [0, 0.1) is 0 Å². The molecule has 2 amide bonds. The summed E-state index contributed by atoms with van der Waals surface area (Å²) >= 11 is 0. The lowest BCUT2D eigenvalue weighted by Crippen LogP contribution is -2.57. The lowest BCUT2D eigenvalue weighted by molar-refractivity contribution is -0.134. The van der Waals surface area contributed by atoms with Crippen molar-refractivity contribution in [1.82, 2.24) is 25.1 Å². The van der Waals surface area contributed by atoms with Crippen molar-refractivity contribution in [2.75, 3.05) is 19.6 Å². The summed E-state index contributed by atoms with van der Waals surface area (Å²) in [4.78, 5) is 32.0. The van der Waals surface area contributed by atoms with Gasteiger partial charge in [-0.05, 0) is 18.1 Å². The van der Waals surface area contributed by atoms with Crippen LogP contribution in [-0.2, 0) is 22.7 Å². The third kappa shape index (κ3) is 5.68. The zero-order valence-corrected chi connectivity index (χ0v) is 19.0. The highest BCUT2D eigenvalue weighted by atomic mass is 16.2. The molecule has 1 aromatic heterocycles. The molecule has 2 aromatic carbocycles.